The summed E-state index contributed by atoms with van der Waals surface area (Å²) in [6.07, 6.45) is 1.63. The maximum absolute atomic E-state index is 12.9. The van der Waals surface area contributed by atoms with Crippen molar-refractivity contribution in [2.75, 3.05) is 25.8 Å². The molecule has 3 heterocycles. The molecule has 1 atom stereocenters. The molecule has 0 bridgehead atoms. The van der Waals surface area contributed by atoms with Gasteiger partial charge in [-0.05, 0) is 42.7 Å². The highest BCUT2D eigenvalue weighted by atomic mass is 32.1. The van der Waals surface area contributed by atoms with E-state index in [4.69, 9.17) is 14.2 Å². The van der Waals surface area contributed by atoms with Gasteiger partial charge in [-0.25, -0.2) is 4.79 Å². The van der Waals surface area contributed by atoms with Crippen LogP contribution in [0.4, 0.5) is 10.5 Å². The molecule has 10 nitrogen and oxygen atoms in total. The smallest absolute Gasteiger partial charge is 0.318 e. The fourth-order valence-corrected chi connectivity index (χ4v) is 4.83. The lowest BCUT2D eigenvalue weighted by Gasteiger charge is -2.23. The molecule has 1 fully saturated rings. The van der Waals surface area contributed by atoms with Gasteiger partial charge in [-0.15, -0.1) is 10.2 Å². The van der Waals surface area contributed by atoms with Gasteiger partial charge in [0.25, 0.3) is 5.91 Å². The van der Waals surface area contributed by atoms with Gasteiger partial charge in [-0.1, -0.05) is 23.5 Å². The number of carbonyl (C=O) groups is 2. The van der Waals surface area contributed by atoms with Crippen molar-refractivity contribution in [2.24, 2.45) is 0 Å². The maximum atomic E-state index is 12.9. The topological polar surface area (TPSA) is 115 Å². The summed E-state index contributed by atoms with van der Waals surface area (Å²) in [5.41, 5.74) is 1.52. The molecule has 5 rings (SSSR count). The number of benzene rings is 2. The Morgan fingerprint density at radius 2 is 2.06 bits per heavy atom. The lowest BCUT2D eigenvalue weighted by molar-refractivity contribution is 0.102. The zero-order valence-electron chi connectivity index (χ0n) is 18.4. The van der Waals surface area contributed by atoms with Crippen molar-refractivity contribution in [1.82, 2.24) is 20.4 Å². The van der Waals surface area contributed by atoms with E-state index in [0.29, 0.717) is 35.3 Å². The van der Waals surface area contributed by atoms with Crippen molar-refractivity contribution in [3.05, 3.63) is 58.0 Å². The zero-order valence-corrected chi connectivity index (χ0v) is 19.3. The van der Waals surface area contributed by atoms with Crippen LogP contribution >= 0.6 is 11.3 Å². The van der Waals surface area contributed by atoms with Crippen LogP contribution in [0.5, 0.6) is 17.2 Å². The minimum Gasteiger partial charge on any atom is -0.497 e. The van der Waals surface area contributed by atoms with Crippen LogP contribution in [-0.4, -0.2) is 47.5 Å². The molecule has 2 aliphatic rings. The molecular formula is C23H23N5O5S. The van der Waals surface area contributed by atoms with Gasteiger partial charge >= 0.3 is 6.03 Å². The number of anilines is 1. The fraction of sp³-hybridized carbons (Fsp3) is 0.304. The largest absolute Gasteiger partial charge is 0.497 e. The van der Waals surface area contributed by atoms with Crippen LogP contribution in [0.25, 0.3) is 0 Å². The number of hydrogen-bond acceptors (Lipinski definition) is 8. The van der Waals surface area contributed by atoms with Gasteiger partial charge in [0, 0.05) is 24.8 Å². The predicted octanol–water partition coefficient (Wildman–Crippen LogP) is 3.57. The van der Waals surface area contributed by atoms with Gasteiger partial charge < -0.3 is 29.7 Å². The Labute approximate surface area is 199 Å². The van der Waals surface area contributed by atoms with E-state index < -0.39 is 0 Å². The highest BCUT2D eigenvalue weighted by molar-refractivity contribution is 7.13. The Bertz CT molecular complexity index is 1220. The summed E-state index contributed by atoms with van der Waals surface area (Å²) < 4.78 is 15.9. The van der Waals surface area contributed by atoms with Crippen molar-refractivity contribution in [2.45, 2.75) is 25.4 Å². The first-order valence-corrected chi connectivity index (χ1v) is 11.6. The minimum atomic E-state index is -0.366. The molecule has 2 N–H and O–H groups in total. The van der Waals surface area contributed by atoms with Gasteiger partial charge in [-0.2, -0.15) is 0 Å². The van der Waals surface area contributed by atoms with Crippen molar-refractivity contribution in [3.8, 4) is 17.2 Å². The Morgan fingerprint density at radius 3 is 2.94 bits per heavy atom. The summed E-state index contributed by atoms with van der Waals surface area (Å²) in [6, 6.07) is 12.4. The number of rotatable bonds is 6. The lowest BCUT2D eigenvalue weighted by Crippen LogP contribution is -2.39. The monoisotopic (exact) mass is 481 g/mol. The number of amides is 3. The van der Waals surface area contributed by atoms with Crippen LogP contribution in [0.1, 0.15) is 39.3 Å². The third kappa shape index (κ3) is 4.60. The van der Waals surface area contributed by atoms with Crippen molar-refractivity contribution >= 4 is 29.0 Å². The fourth-order valence-electron chi connectivity index (χ4n) is 3.95. The molecule has 0 spiro atoms. The van der Waals surface area contributed by atoms with E-state index in [1.807, 2.05) is 24.3 Å². The first-order valence-electron chi connectivity index (χ1n) is 10.8. The Hall–Kier alpha value is -3.86. The number of methoxy groups -OCH3 is 1. The van der Waals surface area contributed by atoms with Crippen LogP contribution in [0.2, 0.25) is 0 Å². The zero-order chi connectivity index (χ0) is 23.5. The normalized spacial score (nSPS) is 16.4. The molecule has 0 saturated carbocycles. The number of carbonyl (C=O) groups excluding carboxylic acids is 2. The summed E-state index contributed by atoms with van der Waals surface area (Å²) in [5, 5.41) is 14.9. The van der Waals surface area contributed by atoms with Crippen LogP contribution < -0.4 is 24.8 Å². The molecule has 1 aromatic heterocycles. The molecule has 3 aromatic rings. The number of nitrogens with zero attached hydrogens (tertiary/aromatic N) is 3. The van der Waals surface area contributed by atoms with Gasteiger partial charge in [0.1, 0.15) is 10.8 Å². The van der Waals surface area contributed by atoms with Crippen molar-refractivity contribution < 1.29 is 23.8 Å². The summed E-state index contributed by atoms with van der Waals surface area (Å²) in [4.78, 5) is 27.3. The Balaban J connectivity index is 1.21. The average Bonchev–Trinajstić information content (AvgIpc) is 3.62. The van der Waals surface area contributed by atoms with Crippen molar-refractivity contribution in [1.29, 1.82) is 0 Å². The van der Waals surface area contributed by atoms with E-state index in [-0.39, 0.29) is 29.8 Å². The summed E-state index contributed by atoms with van der Waals surface area (Å²) in [5.74, 6) is 1.60. The number of hydrogen-bond donors (Lipinski definition) is 2. The Morgan fingerprint density at radius 1 is 1.18 bits per heavy atom. The second-order valence-corrected chi connectivity index (χ2v) is 8.84. The number of aromatic nitrogens is 2. The summed E-state index contributed by atoms with van der Waals surface area (Å²) in [7, 11) is 1.61. The Kier molecular flexibility index (Phi) is 6.17. The van der Waals surface area contributed by atoms with E-state index >= 15 is 0 Å². The highest BCUT2D eigenvalue weighted by Gasteiger charge is 2.33. The molecule has 176 valence electrons. The molecule has 2 aliphatic heterocycles. The van der Waals surface area contributed by atoms with Gasteiger partial charge in [0.05, 0.1) is 13.2 Å². The van der Waals surface area contributed by atoms with E-state index in [1.165, 1.54) is 11.3 Å². The van der Waals surface area contributed by atoms with Crippen LogP contribution in [0.3, 0.4) is 0 Å². The first kappa shape index (κ1) is 22.0. The number of nitrogens with one attached hydrogen (secondary N) is 2. The van der Waals surface area contributed by atoms with E-state index in [9.17, 15) is 9.59 Å². The molecular weight excluding hydrogens is 458 g/mol. The van der Waals surface area contributed by atoms with Crippen LogP contribution in [-0.2, 0) is 6.54 Å². The highest BCUT2D eigenvalue weighted by Crippen LogP contribution is 2.35. The quantitative estimate of drug-likeness (QED) is 0.553. The summed E-state index contributed by atoms with van der Waals surface area (Å²) >= 11 is 1.20. The molecule has 3 amide bonds. The second kappa shape index (κ2) is 9.56. The average molecular weight is 482 g/mol. The number of likely N-dealkylation sites (tertiary alicyclic amines) is 1. The molecule has 34 heavy (non-hydrogen) atoms. The van der Waals surface area contributed by atoms with Crippen LogP contribution in [0.15, 0.2) is 42.5 Å². The maximum Gasteiger partial charge on any atom is 0.318 e. The first-order chi connectivity index (χ1) is 16.6. The van der Waals surface area contributed by atoms with Gasteiger partial charge in [-0.3, -0.25) is 4.79 Å². The van der Waals surface area contributed by atoms with Gasteiger partial charge in [0.15, 0.2) is 11.5 Å². The van der Waals surface area contributed by atoms with Gasteiger partial charge in [0.2, 0.25) is 11.8 Å². The molecule has 1 saturated heterocycles. The van der Waals surface area contributed by atoms with E-state index in [1.54, 1.807) is 30.2 Å². The van der Waals surface area contributed by atoms with E-state index in [0.717, 1.165) is 24.2 Å². The number of urea groups is 1. The molecule has 0 unspecified atom stereocenters. The molecule has 0 aliphatic carbocycles. The predicted molar refractivity (Wildman–Crippen MR) is 124 cm³/mol. The third-order valence-electron chi connectivity index (χ3n) is 5.64. The van der Waals surface area contributed by atoms with Crippen LogP contribution in [0, 0.1) is 0 Å². The SMILES string of the molecule is COc1cccc(CNC(=O)N2CCC[C@H]2c2nnc(C(=O)Nc3ccc4c(c3)OCO4)s2)c1. The number of ether oxygens (including phenoxy) is 3. The van der Waals surface area contributed by atoms with E-state index in [2.05, 4.69) is 20.8 Å². The van der Waals surface area contributed by atoms with Crippen molar-refractivity contribution in [3.63, 3.8) is 0 Å². The number of fused-ring (bicyclic) bond motifs is 1. The third-order valence-corrected chi connectivity index (χ3v) is 6.67. The standard InChI is InChI=1S/C23H23N5O5S/c1-31-16-5-2-4-14(10-16)12-24-23(30)28-9-3-6-17(28)21-26-27-22(34-21)20(29)25-15-7-8-18-19(11-15)33-13-32-18/h2,4-5,7-8,10-11,17H,3,6,9,12-13H2,1H3,(H,24,30)(H,25,29)/t17-/m0/s1. The molecule has 2 aromatic carbocycles. The lowest BCUT2D eigenvalue weighted by atomic mass is 10.2. The molecule has 11 heteroatoms. The molecule has 0 radical (unpaired) electrons. The minimum absolute atomic E-state index is 0.164. The second-order valence-electron chi connectivity index (χ2n) is 7.83. The summed E-state index contributed by atoms with van der Waals surface area (Å²) in [6.45, 7) is 1.17.